The Bertz CT molecular complexity index is 699. The van der Waals surface area contributed by atoms with Crippen LogP contribution < -0.4 is 4.90 Å². The lowest BCUT2D eigenvalue weighted by atomic mass is 10.0. The number of carbonyl (C=O) groups excluding carboxylic acids is 2. The normalized spacial score (nSPS) is 23.8. The number of hydrogen-bond acceptors (Lipinski definition) is 4. The van der Waals surface area contributed by atoms with E-state index in [1.165, 1.54) is 17.0 Å². The molecule has 6 nitrogen and oxygen atoms in total. The second kappa shape index (κ2) is 7.43. The van der Waals surface area contributed by atoms with Crippen LogP contribution in [0.5, 0.6) is 0 Å². The van der Waals surface area contributed by atoms with Gasteiger partial charge in [-0.3, -0.25) is 14.4 Å². The van der Waals surface area contributed by atoms with Crippen LogP contribution in [0.1, 0.15) is 12.8 Å². The maximum atomic E-state index is 13.9. The molecular weight excluding hydrogens is 347 g/mol. The van der Waals surface area contributed by atoms with Gasteiger partial charge in [0.2, 0.25) is 11.8 Å². The number of para-hydroxylation sites is 1. The number of aliphatic carboxylic acids is 1. The molecule has 134 valence electrons. The van der Waals surface area contributed by atoms with Crippen molar-refractivity contribution < 1.29 is 23.9 Å². The largest absolute Gasteiger partial charge is 0.481 e. The molecule has 2 aliphatic rings. The third kappa shape index (κ3) is 3.78. The molecule has 0 bridgehead atoms. The molecule has 2 amide bonds. The van der Waals surface area contributed by atoms with E-state index in [4.69, 9.17) is 5.11 Å². The molecule has 3 rings (SSSR count). The summed E-state index contributed by atoms with van der Waals surface area (Å²) in [4.78, 5) is 39.1. The number of nitrogens with zero attached hydrogens (tertiary/aromatic N) is 2. The van der Waals surface area contributed by atoms with Gasteiger partial charge in [-0.2, -0.15) is 11.8 Å². The van der Waals surface area contributed by atoms with Gasteiger partial charge in [-0.05, 0) is 12.1 Å². The van der Waals surface area contributed by atoms with Crippen LogP contribution in [0.25, 0.3) is 0 Å². The predicted molar refractivity (Wildman–Crippen MR) is 91.9 cm³/mol. The summed E-state index contributed by atoms with van der Waals surface area (Å²) in [5.41, 5.74) is 0.180. The third-order valence-electron chi connectivity index (χ3n) is 4.54. The second-order valence-corrected chi connectivity index (χ2v) is 7.36. The van der Waals surface area contributed by atoms with Crippen LogP contribution in [0.4, 0.5) is 10.1 Å². The van der Waals surface area contributed by atoms with Crippen LogP contribution in [0.15, 0.2) is 24.3 Å². The summed E-state index contributed by atoms with van der Waals surface area (Å²) in [5, 5.41) is 9.04. The monoisotopic (exact) mass is 366 g/mol. The van der Waals surface area contributed by atoms with E-state index in [0.717, 1.165) is 5.75 Å². The number of carboxylic acid groups (broad SMARTS) is 1. The Labute approximate surface area is 149 Å². The Kier molecular flexibility index (Phi) is 5.27. The van der Waals surface area contributed by atoms with E-state index in [2.05, 4.69) is 0 Å². The Hall–Kier alpha value is -2.09. The fourth-order valence-electron chi connectivity index (χ4n) is 3.33. The summed E-state index contributed by atoms with van der Waals surface area (Å²) in [5.74, 6) is -1.17. The Balaban J connectivity index is 1.73. The van der Waals surface area contributed by atoms with Gasteiger partial charge in [0.05, 0.1) is 24.1 Å². The van der Waals surface area contributed by atoms with Crippen molar-refractivity contribution in [2.75, 3.05) is 29.5 Å². The van der Waals surface area contributed by atoms with Crippen molar-refractivity contribution in [3.63, 3.8) is 0 Å². The molecule has 1 aromatic carbocycles. The Morgan fingerprint density at radius 3 is 2.80 bits per heavy atom. The van der Waals surface area contributed by atoms with Gasteiger partial charge in [0.25, 0.3) is 0 Å². The first-order chi connectivity index (χ1) is 12.0. The van der Waals surface area contributed by atoms with Crippen molar-refractivity contribution in [2.45, 2.75) is 18.9 Å². The van der Waals surface area contributed by atoms with Gasteiger partial charge in [-0.25, -0.2) is 4.39 Å². The first-order valence-electron chi connectivity index (χ1n) is 8.12. The molecule has 0 aliphatic carbocycles. The zero-order valence-corrected chi connectivity index (χ0v) is 14.4. The van der Waals surface area contributed by atoms with E-state index in [1.54, 1.807) is 28.8 Å². The summed E-state index contributed by atoms with van der Waals surface area (Å²) in [7, 11) is 0. The van der Waals surface area contributed by atoms with Crippen LogP contribution in [0.2, 0.25) is 0 Å². The van der Waals surface area contributed by atoms with Crippen LogP contribution in [-0.2, 0) is 14.4 Å². The second-order valence-electron chi connectivity index (χ2n) is 6.22. The molecule has 0 radical (unpaired) electrons. The number of carbonyl (C=O) groups is 3. The summed E-state index contributed by atoms with van der Waals surface area (Å²) < 4.78 is 13.9. The zero-order valence-electron chi connectivity index (χ0n) is 13.6. The first-order valence-corrected chi connectivity index (χ1v) is 9.27. The van der Waals surface area contributed by atoms with Crippen LogP contribution in [0, 0.1) is 11.7 Å². The number of benzene rings is 1. The quantitative estimate of drug-likeness (QED) is 0.876. The maximum Gasteiger partial charge on any atom is 0.305 e. The highest BCUT2D eigenvalue weighted by molar-refractivity contribution is 7.99. The highest BCUT2D eigenvalue weighted by Crippen LogP contribution is 2.30. The molecule has 1 N–H and O–H groups in total. The summed E-state index contributed by atoms with van der Waals surface area (Å²) in [6, 6.07) is 5.63. The molecule has 0 aromatic heterocycles. The Morgan fingerprint density at radius 2 is 2.08 bits per heavy atom. The molecule has 0 spiro atoms. The molecule has 0 saturated carbocycles. The van der Waals surface area contributed by atoms with Gasteiger partial charge in [0.1, 0.15) is 5.82 Å². The predicted octanol–water partition coefficient (Wildman–Crippen LogP) is 1.60. The van der Waals surface area contributed by atoms with E-state index in [-0.39, 0.29) is 42.9 Å². The molecule has 2 heterocycles. The molecule has 1 aromatic rings. The molecule has 2 unspecified atom stereocenters. The number of carboxylic acids is 1. The molecule has 2 atom stereocenters. The number of halogens is 1. The van der Waals surface area contributed by atoms with Gasteiger partial charge >= 0.3 is 5.97 Å². The van der Waals surface area contributed by atoms with Crippen molar-refractivity contribution in [3.05, 3.63) is 30.1 Å². The number of amides is 2. The molecule has 25 heavy (non-hydrogen) atoms. The SMILES string of the molecule is O=C(O)CC1CSCCN1C(=O)C1CC(=O)N(c2ccccc2F)C1. The van der Waals surface area contributed by atoms with Gasteiger partial charge in [-0.15, -0.1) is 0 Å². The average Bonchev–Trinajstić information content (AvgIpc) is 2.96. The van der Waals surface area contributed by atoms with Crippen molar-refractivity contribution in [1.29, 1.82) is 0 Å². The van der Waals surface area contributed by atoms with Crippen molar-refractivity contribution in [2.24, 2.45) is 5.92 Å². The van der Waals surface area contributed by atoms with Crippen LogP contribution >= 0.6 is 11.8 Å². The smallest absolute Gasteiger partial charge is 0.305 e. The molecule has 2 fully saturated rings. The van der Waals surface area contributed by atoms with E-state index in [9.17, 15) is 18.8 Å². The minimum Gasteiger partial charge on any atom is -0.481 e. The Morgan fingerprint density at radius 1 is 1.32 bits per heavy atom. The van der Waals surface area contributed by atoms with E-state index >= 15 is 0 Å². The summed E-state index contributed by atoms with van der Waals surface area (Å²) in [6.45, 7) is 0.605. The molecule has 2 aliphatic heterocycles. The number of hydrogen-bond donors (Lipinski definition) is 1. The zero-order chi connectivity index (χ0) is 18.0. The van der Waals surface area contributed by atoms with Crippen molar-refractivity contribution in [1.82, 2.24) is 4.90 Å². The molecule has 2 saturated heterocycles. The fourth-order valence-corrected chi connectivity index (χ4v) is 4.39. The number of thioether (sulfide) groups is 1. The van der Waals surface area contributed by atoms with E-state index < -0.39 is 17.7 Å². The summed E-state index contributed by atoms with van der Waals surface area (Å²) in [6.07, 6.45) is -0.0764. The topological polar surface area (TPSA) is 77.9 Å². The first kappa shape index (κ1) is 17.7. The van der Waals surface area contributed by atoms with Crippen LogP contribution in [0.3, 0.4) is 0 Å². The summed E-state index contributed by atoms with van der Waals surface area (Å²) >= 11 is 1.62. The standard InChI is InChI=1S/C17H19FN2O4S/c18-13-3-1-2-4-14(13)20-9-11(7-15(20)21)17(24)19-5-6-25-10-12(19)8-16(22)23/h1-4,11-12H,5-10H2,(H,22,23). The van der Waals surface area contributed by atoms with E-state index in [0.29, 0.717) is 12.3 Å². The highest BCUT2D eigenvalue weighted by atomic mass is 32.2. The maximum absolute atomic E-state index is 13.9. The minimum atomic E-state index is -0.944. The minimum absolute atomic E-state index is 0.0244. The number of anilines is 1. The van der Waals surface area contributed by atoms with Crippen molar-refractivity contribution >= 4 is 35.2 Å². The van der Waals surface area contributed by atoms with Gasteiger partial charge < -0.3 is 14.9 Å². The molecule has 8 heteroatoms. The lowest BCUT2D eigenvalue weighted by Gasteiger charge is -2.36. The van der Waals surface area contributed by atoms with E-state index in [1.807, 2.05) is 0 Å². The van der Waals surface area contributed by atoms with Gasteiger partial charge in [0.15, 0.2) is 0 Å². The average molecular weight is 366 g/mol. The van der Waals surface area contributed by atoms with Crippen LogP contribution in [-0.4, -0.2) is 58.4 Å². The van der Waals surface area contributed by atoms with Crippen molar-refractivity contribution in [3.8, 4) is 0 Å². The lowest BCUT2D eigenvalue weighted by Crippen LogP contribution is -2.49. The van der Waals surface area contributed by atoms with Gasteiger partial charge in [-0.1, -0.05) is 12.1 Å². The molecular formula is C17H19FN2O4S. The van der Waals surface area contributed by atoms with Gasteiger partial charge in [0, 0.05) is 31.0 Å². The fraction of sp³-hybridized carbons (Fsp3) is 0.471. The third-order valence-corrected chi connectivity index (χ3v) is 5.63. The number of rotatable bonds is 4. The lowest BCUT2D eigenvalue weighted by molar-refractivity contribution is -0.142. The highest BCUT2D eigenvalue weighted by Gasteiger charge is 2.40.